The third-order valence-corrected chi connectivity index (χ3v) is 7.98. The number of hydrogen-bond donors (Lipinski definition) is 3. The van der Waals surface area contributed by atoms with Gasteiger partial charge in [0, 0.05) is 37.0 Å². The largest absolute Gasteiger partial charge is 0.480 e. The van der Waals surface area contributed by atoms with Gasteiger partial charge < -0.3 is 20.5 Å². The molecule has 9 heteroatoms. The molecule has 1 saturated carbocycles. The quantitative estimate of drug-likeness (QED) is 0.340. The van der Waals surface area contributed by atoms with Gasteiger partial charge >= 0.3 is 5.97 Å². The molecule has 3 heterocycles. The Kier molecular flexibility index (Phi) is 8.11. The van der Waals surface area contributed by atoms with E-state index in [1.165, 1.54) is 23.3 Å². The van der Waals surface area contributed by atoms with E-state index in [-0.39, 0.29) is 12.5 Å². The van der Waals surface area contributed by atoms with Gasteiger partial charge in [0.25, 0.3) is 5.91 Å². The predicted octanol–water partition coefficient (Wildman–Crippen LogP) is 4.56. The van der Waals surface area contributed by atoms with Crippen molar-refractivity contribution in [2.75, 3.05) is 18.5 Å². The minimum absolute atomic E-state index is 0.157. The fraction of sp³-hybridized carbons (Fsp3) is 0.429. The Morgan fingerprint density at radius 1 is 1.24 bits per heavy atom. The highest BCUT2D eigenvalue weighted by Gasteiger charge is 2.30. The summed E-state index contributed by atoms with van der Waals surface area (Å²) in [7, 11) is 0. The maximum atomic E-state index is 12.7. The number of carbonyl (C=O) groups is 2. The molecule has 1 fully saturated rings. The molecule has 194 valence electrons. The van der Waals surface area contributed by atoms with Gasteiger partial charge in [-0.05, 0) is 73.8 Å². The molecular formula is C28H32N4O4S. The van der Waals surface area contributed by atoms with Crippen LogP contribution in [0.5, 0.6) is 0 Å². The van der Waals surface area contributed by atoms with Crippen molar-refractivity contribution in [3.8, 4) is 10.4 Å². The third-order valence-electron chi connectivity index (χ3n) is 7.16. The Morgan fingerprint density at radius 2 is 2.14 bits per heavy atom. The van der Waals surface area contributed by atoms with Gasteiger partial charge in [-0.3, -0.25) is 9.78 Å². The summed E-state index contributed by atoms with van der Waals surface area (Å²) >= 11 is 1.48. The van der Waals surface area contributed by atoms with Gasteiger partial charge in [-0.25, -0.2) is 9.78 Å². The SMILES string of the molecule is O=C(N[C@@H](CCO[C@H]1C[C@H](CCc2ccc3c(n2)NCCC3)C1)C(=O)O)c1cccc(-c2cncs2)c1. The lowest BCUT2D eigenvalue weighted by molar-refractivity contribution is -0.140. The maximum absolute atomic E-state index is 12.7. The van der Waals surface area contributed by atoms with Gasteiger partial charge in [-0.2, -0.15) is 0 Å². The molecule has 3 N–H and O–H groups in total. The van der Waals surface area contributed by atoms with Crippen LogP contribution in [0.4, 0.5) is 5.82 Å². The number of aryl methyl sites for hydroxylation is 2. The second kappa shape index (κ2) is 11.8. The summed E-state index contributed by atoms with van der Waals surface area (Å²) in [5, 5.41) is 15.7. The van der Waals surface area contributed by atoms with Crippen LogP contribution in [-0.2, 0) is 22.4 Å². The second-order valence-corrected chi connectivity index (χ2v) is 10.7. The van der Waals surface area contributed by atoms with Crippen LogP contribution in [0.3, 0.4) is 0 Å². The van der Waals surface area contributed by atoms with Crippen LogP contribution >= 0.6 is 11.3 Å². The first-order valence-electron chi connectivity index (χ1n) is 12.9. The zero-order chi connectivity index (χ0) is 25.6. The number of benzene rings is 1. The van der Waals surface area contributed by atoms with Gasteiger partial charge in [0.1, 0.15) is 11.9 Å². The second-order valence-electron chi connectivity index (χ2n) is 9.81. The van der Waals surface area contributed by atoms with Crippen molar-refractivity contribution in [1.29, 1.82) is 0 Å². The zero-order valence-corrected chi connectivity index (χ0v) is 21.5. The molecule has 5 rings (SSSR count). The molecule has 2 aliphatic rings. The van der Waals surface area contributed by atoms with E-state index in [0.29, 0.717) is 18.1 Å². The first-order valence-corrected chi connectivity index (χ1v) is 13.8. The number of thiazole rings is 1. The summed E-state index contributed by atoms with van der Waals surface area (Å²) in [5.74, 6) is 0.185. The summed E-state index contributed by atoms with van der Waals surface area (Å²) in [6, 6.07) is 10.5. The monoisotopic (exact) mass is 520 g/mol. The van der Waals surface area contributed by atoms with Crippen LogP contribution in [0.2, 0.25) is 0 Å². The molecule has 1 aliphatic carbocycles. The fourth-order valence-corrected chi connectivity index (χ4v) is 5.55. The first-order chi connectivity index (χ1) is 18.0. The van der Waals surface area contributed by atoms with E-state index < -0.39 is 17.9 Å². The third kappa shape index (κ3) is 6.53. The van der Waals surface area contributed by atoms with Crippen LogP contribution in [0.25, 0.3) is 10.4 Å². The number of nitrogens with zero attached hydrogens (tertiary/aromatic N) is 2. The molecule has 3 aromatic rings. The van der Waals surface area contributed by atoms with Crippen molar-refractivity contribution in [2.24, 2.45) is 5.92 Å². The van der Waals surface area contributed by atoms with Gasteiger partial charge in [0.05, 0.1) is 16.5 Å². The zero-order valence-electron chi connectivity index (χ0n) is 20.7. The van der Waals surface area contributed by atoms with Crippen molar-refractivity contribution >= 4 is 29.0 Å². The van der Waals surface area contributed by atoms with E-state index in [0.717, 1.165) is 60.6 Å². The molecule has 0 bridgehead atoms. The van der Waals surface area contributed by atoms with Crippen molar-refractivity contribution in [3.63, 3.8) is 0 Å². The van der Waals surface area contributed by atoms with Gasteiger partial charge in [-0.1, -0.05) is 18.2 Å². The summed E-state index contributed by atoms with van der Waals surface area (Å²) in [4.78, 5) is 34.3. The Bertz CT molecular complexity index is 1230. The number of carbonyl (C=O) groups excluding carboxylic acids is 1. The Hall–Kier alpha value is -3.30. The minimum atomic E-state index is -1.06. The van der Waals surface area contributed by atoms with E-state index in [2.05, 4.69) is 27.8 Å². The number of carboxylic acid groups (broad SMARTS) is 1. The lowest BCUT2D eigenvalue weighted by Gasteiger charge is -2.35. The minimum Gasteiger partial charge on any atom is -0.480 e. The molecule has 1 aliphatic heterocycles. The average Bonchev–Trinajstić information content (AvgIpc) is 3.44. The lowest BCUT2D eigenvalue weighted by Crippen LogP contribution is -2.42. The first kappa shape index (κ1) is 25.4. The number of hydrogen-bond acceptors (Lipinski definition) is 7. The Balaban J connectivity index is 1.03. The van der Waals surface area contributed by atoms with Crippen molar-refractivity contribution in [3.05, 3.63) is 64.9 Å². The van der Waals surface area contributed by atoms with Crippen LogP contribution < -0.4 is 10.6 Å². The van der Waals surface area contributed by atoms with Gasteiger partial charge in [0.2, 0.25) is 0 Å². The highest BCUT2D eigenvalue weighted by Crippen LogP contribution is 2.34. The van der Waals surface area contributed by atoms with Crippen molar-refractivity contribution in [1.82, 2.24) is 15.3 Å². The molecular weight excluding hydrogens is 488 g/mol. The number of amides is 1. The molecule has 0 saturated heterocycles. The molecule has 0 radical (unpaired) electrons. The van der Waals surface area contributed by atoms with Crippen LogP contribution in [0.1, 0.15) is 53.7 Å². The van der Waals surface area contributed by atoms with Gasteiger partial charge in [0.15, 0.2) is 0 Å². The molecule has 37 heavy (non-hydrogen) atoms. The number of ether oxygens (including phenoxy) is 1. The standard InChI is InChI=1S/C28H32N4O4S/c33-27(21-4-1-3-20(15-21)25-16-29-17-37-25)32-24(28(34)35)10-12-36-23-13-18(14-23)6-8-22-9-7-19-5-2-11-30-26(19)31-22/h1,3-4,7,9,15-18,23-24H,2,5-6,8,10-14H2,(H,30,31)(H,32,33)(H,34,35)/t18-,23-,24-/m0/s1. The van der Waals surface area contributed by atoms with Crippen LogP contribution in [0, 0.1) is 5.92 Å². The smallest absolute Gasteiger partial charge is 0.326 e. The highest BCUT2D eigenvalue weighted by molar-refractivity contribution is 7.13. The molecule has 2 aromatic heterocycles. The molecule has 8 nitrogen and oxygen atoms in total. The van der Waals surface area contributed by atoms with E-state index in [4.69, 9.17) is 9.72 Å². The fourth-order valence-electron chi connectivity index (χ4n) is 4.93. The highest BCUT2D eigenvalue weighted by atomic mass is 32.1. The summed E-state index contributed by atoms with van der Waals surface area (Å²) < 4.78 is 5.92. The van der Waals surface area contributed by atoms with Crippen molar-refractivity contribution in [2.45, 2.75) is 57.1 Å². The Labute approximate surface area is 220 Å². The molecule has 1 atom stereocenters. The van der Waals surface area contributed by atoms with E-state index in [9.17, 15) is 14.7 Å². The van der Waals surface area contributed by atoms with E-state index in [1.807, 2.05) is 6.07 Å². The molecule has 1 aromatic carbocycles. The Morgan fingerprint density at radius 3 is 2.95 bits per heavy atom. The summed E-state index contributed by atoms with van der Waals surface area (Å²) in [5.41, 5.74) is 5.48. The summed E-state index contributed by atoms with van der Waals surface area (Å²) in [6.07, 6.45) is 8.40. The molecule has 1 amide bonds. The van der Waals surface area contributed by atoms with E-state index >= 15 is 0 Å². The number of nitrogens with one attached hydrogen (secondary N) is 2. The number of anilines is 1. The number of aliphatic carboxylic acids is 1. The number of carboxylic acids is 1. The van der Waals surface area contributed by atoms with Crippen molar-refractivity contribution < 1.29 is 19.4 Å². The number of pyridine rings is 1. The molecule has 0 spiro atoms. The number of aromatic nitrogens is 2. The predicted molar refractivity (Wildman–Crippen MR) is 143 cm³/mol. The number of fused-ring (bicyclic) bond motifs is 1. The average molecular weight is 521 g/mol. The van der Waals surface area contributed by atoms with E-state index in [1.54, 1.807) is 29.9 Å². The molecule has 0 unspecified atom stereocenters. The van der Waals surface area contributed by atoms with Crippen LogP contribution in [0.15, 0.2) is 48.1 Å². The normalized spacial score (nSPS) is 19.2. The van der Waals surface area contributed by atoms with Crippen LogP contribution in [-0.4, -0.2) is 52.2 Å². The summed E-state index contributed by atoms with van der Waals surface area (Å²) in [6.45, 7) is 1.30. The maximum Gasteiger partial charge on any atom is 0.326 e. The van der Waals surface area contributed by atoms with Gasteiger partial charge in [-0.15, -0.1) is 11.3 Å². The lowest BCUT2D eigenvalue weighted by atomic mass is 9.79. The topological polar surface area (TPSA) is 113 Å². The number of rotatable bonds is 11.